The molecule has 0 saturated heterocycles. The maximum atomic E-state index is 5.97. The number of nitrogens with zero attached hydrogens (tertiary/aromatic N) is 2. The van der Waals surface area contributed by atoms with E-state index < -0.39 is 0 Å². The highest BCUT2D eigenvalue weighted by Gasteiger charge is 2.17. The molecule has 4 nitrogen and oxygen atoms in total. The van der Waals surface area contributed by atoms with E-state index in [0.29, 0.717) is 5.92 Å². The molecule has 1 aliphatic carbocycles. The van der Waals surface area contributed by atoms with Crippen LogP contribution in [0.1, 0.15) is 25.7 Å². The Morgan fingerprint density at radius 2 is 2.06 bits per heavy atom. The molecule has 4 heteroatoms. The van der Waals surface area contributed by atoms with E-state index in [9.17, 15) is 0 Å². The van der Waals surface area contributed by atoms with Crippen LogP contribution in [-0.4, -0.2) is 51.1 Å². The predicted molar refractivity (Wildman–Crippen MR) is 67.8 cm³/mol. The molecule has 2 N–H and O–H groups in total. The number of ether oxygens (including phenoxy) is 1. The van der Waals surface area contributed by atoms with Gasteiger partial charge in [-0.05, 0) is 19.9 Å². The molecule has 1 aliphatic rings. The lowest BCUT2D eigenvalue weighted by molar-refractivity contribution is 0.163. The Bertz CT molecular complexity index is 212. The third kappa shape index (κ3) is 4.94. The summed E-state index contributed by atoms with van der Waals surface area (Å²) in [7, 11) is 3.81. The van der Waals surface area contributed by atoms with Gasteiger partial charge < -0.3 is 15.4 Å². The number of aliphatic imine (C=N–C) groups is 1. The fourth-order valence-electron chi connectivity index (χ4n) is 2.06. The molecular formula is C12H25N3O. The van der Waals surface area contributed by atoms with Gasteiger partial charge in [0, 0.05) is 26.1 Å². The molecule has 1 rings (SSSR count). The molecule has 0 amide bonds. The van der Waals surface area contributed by atoms with E-state index in [1.165, 1.54) is 25.7 Å². The highest BCUT2D eigenvalue weighted by Crippen LogP contribution is 2.24. The topological polar surface area (TPSA) is 50.8 Å². The fourth-order valence-corrected chi connectivity index (χ4v) is 2.06. The lowest BCUT2D eigenvalue weighted by Crippen LogP contribution is -2.27. The van der Waals surface area contributed by atoms with Crippen molar-refractivity contribution >= 4 is 5.84 Å². The Kier molecular flexibility index (Phi) is 6.42. The second kappa shape index (κ2) is 7.63. The summed E-state index contributed by atoms with van der Waals surface area (Å²) >= 11 is 0. The van der Waals surface area contributed by atoms with Gasteiger partial charge in [-0.15, -0.1) is 0 Å². The minimum Gasteiger partial charge on any atom is -0.387 e. The highest BCUT2D eigenvalue weighted by atomic mass is 16.5. The SMILES string of the molecule is COCCN(C)CCN=C(N)C1CCCC1. The van der Waals surface area contributed by atoms with Crippen LogP contribution in [0.2, 0.25) is 0 Å². The Labute approximate surface area is 98.9 Å². The quantitative estimate of drug-likeness (QED) is 0.523. The first-order valence-corrected chi connectivity index (χ1v) is 6.21. The van der Waals surface area contributed by atoms with Crippen LogP contribution in [0.5, 0.6) is 0 Å². The van der Waals surface area contributed by atoms with Gasteiger partial charge in [0.2, 0.25) is 0 Å². The summed E-state index contributed by atoms with van der Waals surface area (Å²) in [6, 6.07) is 0. The molecular weight excluding hydrogens is 202 g/mol. The summed E-state index contributed by atoms with van der Waals surface area (Å²) < 4.78 is 5.02. The van der Waals surface area contributed by atoms with Crippen LogP contribution in [0.25, 0.3) is 0 Å². The molecule has 0 radical (unpaired) electrons. The molecule has 0 aliphatic heterocycles. The van der Waals surface area contributed by atoms with Crippen LogP contribution < -0.4 is 5.73 Å². The van der Waals surface area contributed by atoms with E-state index >= 15 is 0 Å². The summed E-state index contributed by atoms with van der Waals surface area (Å²) in [6.45, 7) is 3.49. The molecule has 1 saturated carbocycles. The van der Waals surface area contributed by atoms with Crippen LogP contribution in [-0.2, 0) is 4.74 Å². The zero-order valence-corrected chi connectivity index (χ0v) is 10.6. The number of hydrogen-bond acceptors (Lipinski definition) is 3. The van der Waals surface area contributed by atoms with E-state index in [4.69, 9.17) is 10.5 Å². The first-order chi connectivity index (χ1) is 7.74. The Morgan fingerprint density at radius 1 is 1.38 bits per heavy atom. The fraction of sp³-hybridized carbons (Fsp3) is 0.917. The summed E-state index contributed by atoms with van der Waals surface area (Å²) in [5.41, 5.74) is 5.97. The van der Waals surface area contributed by atoms with Gasteiger partial charge >= 0.3 is 0 Å². The van der Waals surface area contributed by atoms with Gasteiger partial charge in [-0.25, -0.2) is 0 Å². The average molecular weight is 227 g/mol. The number of amidine groups is 1. The molecule has 94 valence electrons. The normalized spacial score (nSPS) is 18.6. The van der Waals surface area contributed by atoms with Crippen molar-refractivity contribution in [2.45, 2.75) is 25.7 Å². The van der Waals surface area contributed by atoms with Crippen molar-refractivity contribution in [2.75, 3.05) is 40.4 Å². The van der Waals surface area contributed by atoms with Crippen molar-refractivity contribution in [1.29, 1.82) is 0 Å². The van der Waals surface area contributed by atoms with Crippen LogP contribution in [0.15, 0.2) is 4.99 Å². The molecule has 0 aromatic rings. The molecule has 16 heavy (non-hydrogen) atoms. The second-order valence-corrected chi connectivity index (χ2v) is 4.58. The maximum absolute atomic E-state index is 5.97. The molecule has 0 atom stereocenters. The average Bonchev–Trinajstić information content (AvgIpc) is 2.79. The minimum absolute atomic E-state index is 0.560. The third-order valence-electron chi connectivity index (χ3n) is 3.23. The van der Waals surface area contributed by atoms with Gasteiger partial charge in [0.05, 0.1) is 19.0 Å². The van der Waals surface area contributed by atoms with Gasteiger partial charge in [-0.3, -0.25) is 4.99 Å². The lowest BCUT2D eigenvalue weighted by Gasteiger charge is -2.15. The van der Waals surface area contributed by atoms with Crippen LogP contribution in [0, 0.1) is 5.92 Å². The summed E-state index contributed by atoms with van der Waals surface area (Å²) in [4.78, 5) is 6.68. The second-order valence-electron chi connectivity index (χ2n) is 4.58. The largest absolute Gasteiger partial charge is 0.387 e. The van der Waals surface area contributed by atoms with E-state index in [2.05, 4.69) is 16.9 Å². The first kappa shape index (κ1) is 13.5. The van der Waals surface area contributed by atoms with Gasteiger partial charge in [-0.1, -0.05) is 12.8 Å². The van der Waals surface area contributed by atoms with E-state index in [1.54, 1.807) is 7.11 Å². The van der Waals surface area contributed by atoms with Crippen molar-refractivity contribution in [3.8, 4) is 0 Å². The van der Waals surface area contributed by atoms with Crippen molar-refractivity contribution in [2.24, 2.45) is 16.6 Å². The maximum Gasteiger partial charge on any atom is 0.0968 e. The zero-order chi connectivity index (χ0) is 11.8. The molecule has 0 unspecified atom stereocenters. The molecule has 0 heterocycles. The predicted octanol–water partition coefficient (Wildman–Crippen LogP) is 1.11. The molecule has 0 aromatic heterocycles. The standard InChI is InChI=1S/C12H25N3O/c1-15(9-10-16-2)8-7-14-12(13)11-5-3-4-6-11/h11H,3-10H2,1-2H3,(H2,13,14). The third-order valence-corrected chi connectivity index (χ3v) is 3.23. The Balaban J connectivity index is 2.14. The molecule has 0 aromatic carbocycles. The Morgan fingerprint density at radius 3 is 2.69 bits per heavy atom. The van der Waals surface area contributed by atoms with Crippen LogP contribution in [0.3, 0.4) is 0 Å². The Hall–Kier alpha value is -0.610. The lowest BCUT2D eigenvalue weighted by atomic mass is 10.1. The molecule has 1 fully saturated rings. The number of hydrogen-bond donors (Lipinski definition) is 1. The number of methoxy groups -OCH3 is 1. The van der Waals surface area contributed by atoms with Crippen molar-refractivity contribution < 1.29 is 4.74 Å². The number of nitrogens with two attached hydrogens (primary N) is 1. The number of rotatable bonds is 7. The smallest absolute Gasteiger partial charge is 0.0968 e. The van der Waals surface area contributed by atoms with Crippen LogP contribution in [0.4, 0.5) is 0 Å². The van der Waals surface area contributed by atoms with Crippen molar-refractivity contribution in [1.82, 2.24) is 4.90 Å². The molecule has 0 bridgehead atoms. The molecule has 0 spiro atoms. The zero-order valence-electron chi connectivity index (χ0n) is 10.6. The highest BCUT2D eigenvalue weighted by molar-refractivity contribution is 5.83. The van der Waals surface area contributed by atoms with Crippen molar-refractivity contribution in [3.63, 3.8) is 0 Å². The summed E-state index contributed by atoms with van der Waals surface area (Å²) in [5.74, 6) is 1.43. The van der Waals surface area contributed by atoms with E-state index in [0.717, 1.165) is 32.1 Å². The number of likely N-dealkylation sites (N-methyl/N-ethyl adjacent to an activating group) is 1. The van der Waals surface area contributed by atoms with Crippen LogP contribution >= 0.6 is 0 Å². The first-order valence-electron chi connectivity index (χ1n) is 6.21. The van der Waals surface area contributed by atoms with Gasteiger partial charge in [0.15, 0.2) is 0 Å². The monoisotopic (exact) mass is 227 g/mol. The van der Waals surface area contributed by atoms with Gasteiger partial charge in [0.25, 0.3) is 0 Å². The minimum atomic E-state index is 0.560. The summed E-state index contributed by atoms with van der Waals surface area (Å²) in [5, 5.41) is 0. The van der Waals surface area contributed by atoms with Gasteiger partial charge in [-0.2, -0.15) is 0 Å². The van der Waals surface area contributed by atoms with Gasteiger partial charge in [0.1, 0.15) is 0 Å². The van der Waals surface area contributed by atoms with E-state index in [1.807, 2.05) is 0 Å². The van der Waals surface area contributed by atoms with Crippen molar-refractivity contribution in [3.05, 3.63) is 0 Å². The van der Waals surface area contributed by atoms with E-state index in [-0.39, 0.29) is 0 Å². The summed E-state index contributed by atoms with van der Waals surface area (Å²) in [6.07, 6.45) is 5.09.